The summed E-state index contributed by atoms with van der Waals surface area (Å²) in [6.45, 7) is 6.11. The lowest BCUT2D eigenvalue weighted by molar-refractivity contribution is 0.0601. The smallest absolute Gasteiger partial charge is 0.341 e. The average Bonchev–Trinajstić information content (AvgIpc) is 2.58. The van der Waals surface area contributed by atoms with Crippen LogP contribution in [0.15, 0.2) is 36.7 Å². The number of esters is 1. The van der Waals surface area contributed by atoms with Crippen LogP contribution in [0, 0.1) is 0 Å². The van der Waals surface area contributed by atoms with E-state index < -0.39 is 5.97 Å². The maximum absolute atomic E-state index is 12.2. The highest BCUT2D eigenvalue weighted by atomic mass is 16.5. The van der Waals surface area contributed by atoms with Gasteiger partial charge in [-0.15, -0.1) is 0 Å². The molecule has 0 unspecified atom stereocenters. The van der Waals surface area contributed by atoms with E-state index in [9.17, 15) is 9.59 Å². The topological polar surface area (TPSA) is 93.2 Å². The zero-order valence-corrected chi connectivity index (χ0v) is 14.8. The lowest BCUT2D eigenvalue weighted by Crippen LogP contribution is -2.40. The summed E-state index contributed by atoms with van der Waals surface area (Å²) in [5.41, 5.74) is 1.19. The molecule has 25 heavy (non-hydrogen) atoms. The van der Waals surface area contributed by atoms with Gasteiger partial charge < -0.3 is 15.4 Å². The molecule has 0 radical (unpaired) electrons. The standard InChI is InChI=1S/C18H22N4O3/c1-18(2,3)22-16(23)14-10-12(7-9-19-14)11-21-15-13(17(24)25-4)6-5-8-20-15/h5-10H,11H2,1-4H3,(H,20,21)(H,22,23). The van der Waals surface area contributed by atoms with Gasteiger partial charge in [-0.1, -0.05) is 0 Å². The molecular weight excluding hydrogens is 320 g/mol. The number of carbonyl (C=O) groups is 2. The molecular formula is C18H22N4O3. The van der Waals surface area contributed by atoms with Gasteiger partial charge in [-0.2, -0.15) is 0 Å². The lowest BCUT2D eigenvalue weighted by Gasteiger charge is -2.20. The molecule has 7 nitrogen and oxygen atoms in total. The van der Waals surface area contributed by atoms with Gasteiger partial charge in [-0.3, -0.25) is 9.78 Å². The van der Waals surface area contributed by atoms with Gasteiger partial charge in [-0.05, 0) is 50.6 Å². The average molecular weight is 342 g/mol. The van der Waals surface area contributed by atoms with Crippen LogP contribution < -0.4 is 10.6 Å². The van der Waals surface area contributed by atoms with Crippen molar-refractivity contribution in [1.82, 2.24) is 15.3 Å². The normalized spacial score (nSPS) is 10.9. The van der Waals surface area contributed by atoms with Crippen LogP contribution >= 0.6 is 0 Å². The predicted molar refractivity (Wildman–Crippen MR) is 94.4 cm³/mol. The molecule has 0 saturated heterocycles. The summed E-state index contributed by atoms with van der Waals surface area (Å²) in [7, 11) is 1.32. The van der Waals surface area contributed by atoms with Crippen LogP contribution in [0.4, 0.5) is 5.82 Å². The van der Waals surface area contributed by atoms with Gasteiger partial charge in [0.1, 0.15) is 17.1 Å². The number of anilines is 1. The molecule has 2 aromatic heterocycles. The molecule has 2 rings (SSSR count). The molecule has 2 heterocycles. The van der Waals surface area contributed by atoms with Crippen molar-refractivity contribution in [2.75, 3.05) is 12.4 Å². The Labute approximate surface area is 146 Å². The Morgan fingerprint density at radius 1 is 1.16 bits per heavy atom. The summed E-state index contributed by atoms with van der Waals surface area (Å²) in [5.74, 6) is -0.273. The molecule has 1 amide bonds. The number of nitrogens with zero attached hydrogens (tertiary/aromatic N) is 2. The van der Waals surface area contributed by atoms with Crippen LogP contribution in [-0.4, -0.2) is 34.5 Å². The molecule has 0 saturated carbocycles. The summed E-state index contributed by atoms with van der Waals surface area (Å²) in [4.78, 5) is 32.2. The third-order valence-corrected chi connectivity index (χ3v) is 3.22. The molecule has 0 aliphatic rings. The first kappa shape index (κ1) is 18.4. The number of methoxy groups -OCH3 is 1. The first-order chi connectivity index (χ1) is 11.8. The second kappa shape index (κ2) is 7.74. The van der Waals surface area contributed by atoms with Gasteiger partial charge >= 0.3 is 5.97 Å². The van der Waals surface area contributed by atoms with E-state index in [-0.39, 0.29) is 11.4 Å². The maximum Gasteiger partial charge on any atom is 0.341 e. The Morgan fingerprint density at radius 3 is 2.60 bits per heavy atom. The minimum Gasteiger partial charge on any atom is -0.465 e. The number of hydrogen-bond acceptors (Lipinski definition) is 6. The van der Waals surface area contributed by atoms with Crippen molar-refractivity contribution in [3.8, 4) is 0 Å². The zero-order chi connectivity index (χ0) is 18.4. The SMILES string of the molecule is COC(=O)c1cccnc1NCc1ccnc(C(=O)NC(C)(C)C)c1. The van der Waals surface area contributed by atoms with E-state index >= 15 is 0 Å². The fourth-order valence-electron chi connectivity index (χ4n) is 2.12. The highest BCUT2D eigenvalue weighted by Crippen LogP contribution is 2.14. The third-order valence-electron chi connectivity index (χ3n) is 3.22. The van der Waals surface area contributed by atoms with Crippen molar-refractivity contribution in [1.29, 1.82) is 0 Å². The Kier molecular flexibility index (Phi) is 5.69. The van der Waals surface area contributed by atoms with E-state index in [2.05, 4.69) is 20.6 Å². The van der Waals surface area contributed by atoms with E-state index in [1.807, 2.05) is 20.8 Å². The fraction of sp³-hybridized carbons (Fsp3) is 0.333. The monoisotopic (exact) mass is 342 g/mol. The van der Waals surface area contributed by atoms with Gasteiger partial charge in [0.25, 0.3) is 5.91 Å². The van der Waals surface area contributed by atoms with Crippen molar-refractivity contribution in [3.05, 3.63) is 53.5 Å². The van der Waals surface area contributed by atoms with Crippen molar-refractivity contribution in [2.24, 2.45) is 0 Å². The molecule has 2 aromatic rings. The molecule has 0 bridgehead atoms. The third kappa shape index (κ3) is 5.27. The number of hydrogen-bond donors (Lipinski definition) is 2. The van der Waals surface area contributed by atoms with Crippen LogP contribution in [0.25, 0.3) is 0 Å². The van der Waals surface area contributed by atoms with E-state index in [0.717, 1.165) is 5.56 Å². The Bertz CT molecular complexity index is 769. The highest BCUT2D eigenvalue weighted by Gasteiger charge is 2.17. The van der Waals surface area contributed by atoms with Gasteiger partial charge in [0.2, 0.25) is 0 Å². The van der Waals surface area contributed by atoms with Crippen LogP contribution in [-0.2, 0) is 11.3 Å². The van der Waals surface area contributed by atoms with E-state index in [0.29, 0.717) is 23.6 Å². The maximum atomic E-state index is 12.2. The Balaban J connectivity index is 2.11. The highest BCUT2D eigenvalue weighted by molar-refractivity contribution is 5.94. The molecule has 0 fully saturated rings. The number of ether oxygens (including phenoxy) is 1. The summed E-state index contributed by atoms with van der Waals surface area (Å²) < 4.78 is 4.74. The molecule has 132 valence electrons. The minimum absolute atomic E-state index is 0.234. The van der Waals surface area contributed by atoms with Crippen molar-refractivity contribution >= 4 is 17.7 Å². The molecule has 7 heteroatoms. The van der Waals surface area contributed by atoms with Crippen LogP contribution in [0.2, 0.25) is 0 Å². The second-order valence-electron chi connectivity index (χ2n) is 6.50. The largest absolute Gasteiger partial charge is 0.465 e. The van der Waals surface area contributed by atoms with Gasteiger partial charge in [0, 0.05) is 24.5 Å². The van der Waals surface area contributed by atoms with E-state index in [1.165, 1.54) is 7.11 Å². The number of nitrogens with one attached hydrogen (secondary N) is 2. The molecule has 2 N–H and O–H groups in total. The number of rotatable bonds is 5. The van der Waals surface area contributed by atoms with E-state index in [4.69, 9.17) is 4.74 Å². The van der Waals surface area contributed by atoms with Crippen LogP contribution in [0.5, 0.6) is 0 Å². The van der Waals surface area contributed by atoms with Crippen molar-refractivity contribution in [2.45, 2.75) is 32.9 Å². The van der Waals surface area contributed by atoms with Crippen molar-refractivity contribution in [3.63, 3.8) is 0 Å². The number of amides is 1. The molecule has 0 spiro atoms. The number of carbonyl (C=O) groups excluding carboxylic acids is 2. The Morgan fingerprint density at radius 2 is 1.92 bits per heavy atom. The summed E-state index contributed by atoms with van der Waals surface area (Å²) >= 11 is 0. The number of pyridine rings is 2. The van der Waals surface area contributed by atoms with Crippen LogP contribution in [0.1, 0.15) is 47.2 Å². The predicted octanol–water partition coefficient (Wildman–Crippen LogP) is 2.40. The summed E-state index contributed by atoms with van der Waals surface area (Å²) in [6, 6.07) is 6.80. The molecule has 0 aliphatic heterocycles. The minimum atomic E-state index is -0.462. The van der Waals surface area contributed by atoms with E-state index in [1.54, 1.807) is 36.7 Å². The van der Waals surface area contributed by atoms with Gasteiger partial charge in [0.05, 0.1) is 7.11 Å². The van der Waals surface area contributed by atoms with Gasteiger partial charge in [-0.25, -0.2) is 9.78 Å². The lowest BCUT2D eigenvalue weighted by atomic mass is 10.1. The first-order valence-corrected chi connectivity index (χ1v) is 7.85. The summed E-state index contributed by atoms with van der Waals surface area (Å²) in [6.07, 6.45) is 3.16. The molecule has 0 aliphatic carbocycles. The fourth-order valence-corrected chi connectivity index (χ4v) is 2.12. The molecule has 0 atom stereocenters. The first-order valence-electron chi connectivity index (χ1n) is 7.85. The van der Waals surface area contributed by atoms with Crippen LogP contribution in [0.3, 0.4) is 0 Å². The van der Waals surface area contributed by atoms with Crippen molar-refractivity contribution < 1.29 is 14.3 Å². The molecule has 0 aromatic carbocycles. The zero-order valence-electron chi connectivity index (χ0n) is 14.8. The quantitative estimate of drug-likeness (QED) is 0.811. The second-order valence-corrected chi connectivity index (χ2v) is 6.50. The summed E-state index contributed by atoms with van der Waals surface area (Å²) in [5, 5.41) is 5.96. The Hall–Kier alpha value is -2.96. The van der Waals surface area contributed by atoms with Gasteiger partial charge in [0.15, 0.2) is 0 Å². The number of aromatic nitrogens is 2.